The number of aliphatic imine (C=N–C) groups is 1. The summed E-state index contributed by atoms with van der Waals surface area (Å²) in [5.41, 5.74) is 0.0360. The van der Waals surface area contributed by atoms with Crippen LogP contribution in [-0.4, -0.2) is 87.8 Å². The van der Waals surface area contributed by atoms with Gasteiger partial charge in [-0.2, -0.15) is 0 Å². The molecule has 0 aromatic rings. The number of nitrogens with one attached hydrogen (secondary N) is 2. The van der Waals surface area contributed by atoms with E-state index in [0.29, 0.717) is 6.10 Å². The van der Waals surface area contributed by atoms with E-state index in [1.54, 1.807) is 0 Å². The number of guanidine groups is 1. The highest BCUT2D eigenvalue weighted by atomic mass is 16.5. The van der Waals surface area contributed by atoms with Crippen LogP contribution in [0.4, 0.5) is 0 Å². The monoisotopic (exact) mass is 384 g/mol. The Morgan fingerprint density at radius 3 is 2.59 bits per heavy atom. The lowest BCUT2D eigenvalue weighted by atomic mass is 10.00. The van der Waals surface area contributed by atoms with Crippen LogP contribution in [0.1, 0.15) is 47.0 Å². The molecule has 7 heteroatoms. The molecule has 2 aliphatic rings. The predicted octanol–water partition coefficient (Wildman–Crippen LogP) is 1.62. The summed E-state index contributed by atoms with van der Waals surface area (Å²) < 4.78 is 17.1. The molecular formula is C20H40N4O3. The first-order valence-electron chi connectivity index (χ1n) is 10.4. The van der Waals surface area contributed by atoms with Gasteiger partial charge in [0.15, 0.2) is 5.96 Å². The topological polar surface area (TPSA) is 67.4 Å². The van der Waals surface area contributed by atoms with E-state index >= 15 is 0 Å². The summed E-state index contributed by atoms with van der Waals surface area (Å²) in [5, 5.41) is 6.84. The molecule has 2 rings (SSSR count). The quantitative estimate of drug-likeness (QED) is 0.358. The zero-order chi connectivity index (χ0) is 19.7. The molecule has 2 fully saturated rings. The van der Waals surface area contributed by atoms with Gasteiger partial charge in [-0.3, -0.25) is 9.89 Å². The van der Waals surface area contributed by atoms with Crippen molar-refractivity contribution in [1.82, 2.24) is 15.5 Å². The molecule has 3 atom stereocenters. The van der Waals surface area contributed by atoms with Crippen LogP contribution in [0.15, 0.2) is 4.99 Å². The molecule has 2 N–H and O–H groups in total. The largest absolute Gasteiger partial charge is 0.379 e. The molecule has 2 aliphatic heterocycles. The maximum atomic E-state index is 5.86. The molecule has 27 heavy (non-hydrogen) atoms. The Hall–Kier alpha value is -0.890. The lowest BCUT2D eigenvalue weighted by Crippen LogP contribution is -2.59. The zero-order valence-corrected chi connectivity index (χ0v) is 17.9. The third kappa shape index (κ3) is 7.94. The average molecular weight is 385 g/mol. The van der Waals surface area contributed by atoms with Crippen LogP contribution in [0, 0.1) is 0 Å². The van der Waals surface area contributed by atoms with Crippen molar-refractivity contribution >= 4 is 5.96 Å². The molecule has 0 aliphatic carbocycles. The highest BCUT2D eigenvalue weighted by Crippen LogP contribution is 2.20. The van der Waals surface area contributed by atoms with Gasteiger partial charge in [0.1, 0.15) is 0 Å². The Bertz CT molecular complexity index is 443. The van der Waals surface area contributed by atoms with Crippen LogP contribution in [0.2, 0.25) is 0 Å². The van der Waals surface area contributed by atoms with Crippen molar-refractivity contribution in [2.24, 2.45) is 4.99 Å². The number of nitrogens with zero attached hydrogens (tertiary/aromatic N) is 2. The zero-order valence-electron chi connectivity index (χ0n) is 17.9. The summed E-state index contributed by atoms with van der Waals surface area (Å²) in [6.07, 6.45) is 4.11. The number of hydrogen-bond donors (Lipinski definition) is 2. The summed E-state index contributed by atoms with van der Waals surface area (Å²) in [6, 6.07) is 0. The third-order valence-electron chi connectivity index (χ3n) is 5.27. The second-order valence-electron chi connectivity index (χ2n) is 8.39. The van der Waals surface area contributed by atoms with Crippen molar-refractivity contribution in [1.29, 1.82) is 0 Å². The minimum atomic E-state index is 0.0360. The number of hydrogen-bond acceptors (Lipinski definition) is 5. The number of rotatable bonds is 9. The van der Waals surface area contributed by atoms with E-state index in [0.717, 1.165) is 71.2 Å². The Labute approximate surface area is 165 Å². The molecule has 0 amide bonds. The lowest BCUT2D eigenvalue weighted by molar-refractivity contribution is -0.0946. The first kappa shape index (κ1) is 22.4. The van der Waals surface area contributed by atoms with Gasteiger partial charge in [-0.15, -0.1) is 0 Å². The van der Waals surface area contributed by atoms with Crippen molar-refractivity contribution in [3.63, 3.8) is 0 Å². The fraction of sp³-hybridized carbons (Fsp3) is 0.950. The number of ether oxygens (including phenoxy) is 3. The van der Waals surface area contributed by atoms with Gasteiger partial charge in [0, 0.05) is 52.0 Å². The van der Waals surface area contributed by atoms with Crippen molar-refractivity contribution in [3.8, 4) is 0 Å². The standard InChI is InChI=1S/C20H40N4O3/c1-16-12-24(13-17(2)27-16)20(3,4)15-23-19(21-5)22-9-7-10-25-14-18-8-6-11-26-18/h16-18H,6-15H2,1-5H3,(H2,21,22,23). The second-order valence-corrected chi connectivity index (χ2v) is 8.39. The molecule has 0 saturated carbocycles. The minimum Gasteiger partial charge on any atom is -0.379 e. The van der Waals surface area contributed by atoms with Gasteiger partial charge in [-0.25, -0.2) is 0 Å². The van der Waals surface area contributed by atoms with Crippen LogP contribution in [0.25, 0.3) is 0 Å². The molecule has 2 saturated heterocycles. The summed E-state index contributed by atoms with van der Waals surface area (Å²) in [6.45, 7) is 14.8. The van der Waals surface area contributed by atoms with Gasteiger partial charge in [-0.1, -0.05) is 0 Å². The van der Waals surface area contributed by atoms with Gasteiger partial charge >= 0.3 is 0 Å². The van der Waals surface area contributed by atoms with Crippen molar-refractivity contribution in [2.45, 2.75) is 70.8 Å². The second kappa shape index (κ2) is 11.2. The van der Waals surface area contributed by atoms with Crippen LogP contribution in [0.3, 0.4) is 0 Å². The van der Waals surface area contributed by atoms with E-state index in [1.807, 2.05) is 7.05 Å². The van der Waals surface area contributed by atoms with Crippen molar-refractivity contribution in [3.05, 3.63) is 0 Å². The molecule has 3 unspecified atom stereocenters. The van der Waals surface area contributed by atoms with Gasteiger partial charge in [-0.05, 0) is 47.0 Å². The Morgan fingerprint density at radius 2 is 1.96 bits per heavy atom. The molecule has 158 valence electrons. The SMILES string of the molecule is CN=C(NCCCOCC1CCCO1)NCC(C)(C)N1CC(C)OC(C)C1. The molecule has 0 aromatic heterocycles. The summed E-state index contributed by atoms with van der Waals surface area (Å²) in [4.78, 5) is 6.84. The van der Waals surface area contributed by atoms with Crippen LogP contribution in [0.5, 0.6) is 0 Å². The maximum absolute atomic E-state index is 5.86. The minimum absolute atomic E-state index is 0.0360. The Morgan fingerprint density at radius 1 is 1.22 bits per heavy atom. The molecule has 2 heterocycles. The normalized spacial score (nSPS) is 27.7. The fourth-order valence-electron chi connectivity index (χ4n) is 3.68. The maximum Gasteiger partial charge on any atom is 0.191 e. The van der Waals surface area contributed by atoms with E-state index in [-0.39, 0.29) is 17.7 Å². The predicted molar refractivity (Wildman–Crippen MR) is 109 cm³/mol. The molecule has 7 nitrogen and oxygen atoms in total. The molecule has 0 aromatic carbocycles. The lowest BCUT2D eigenvalue weighted by Gasteiger charge is -2.45. The first-order chi connectivity index (χ1) is 12.9. The summed E-state index contributed by atoms with van der Waals surface area (Å²) in [5.74, 6) is 0.844. The van der Waals surface area contributed by atoms with Gasteiger partial charge in [0.25, 0.3) is 0 Å². The summed E-state index contributed by atoms with van der Waals surface area (Å²) >= 11 is 0. The first-order valence-corrected chi connectivity index (χ1v) is 10.4. The van der Waals surface area contributed by atoms with E-state index in [1.165, 1.54) is 0 Å². The average Bonchev–Trinajstić information content (AvgIpc) is 3.13. The fourth-order valence-corrected chi connectivity index (χ4v) is 3.68. The van der Waals surface area contributed by atoms with E-state index < -0.39 is 0 Å². The van der Waals surface area contributed by atoms with Gasteiger partial charge < -0.3 is 24.8 Å². The number of morpholine rings is 1. The Kier molecular flexibility index (Phi) is 9.29. The van der Waals surface area contributed by atoms with Crippen LogP contribution < -0.4 is 10.6 Å². The van der Waals surface area contributed by atoms with Crippen LogP contribution in [-0.2, 0) is 14.2 Å². The summed E-state index contributed by atoms with van der Waals surface area (Å²) in [7, 11) is 1.81. The van der Waals surface area contributed by atoms with E-state index in [9.17, 15) is 0 Å². The molecule has 0 spiro atoms. The van der Waals surface area contributed by atoms with Gasteiger partial charge in [0.2, 0.25) is 0 Å². The van der Waals surface area contributed by atoms with Crippen molar-refractivity contribution < 1.29 is 14.2 Å². The van der Waals surface area contributed by atoms with Gasteiger partial charge in [0.05, 0.1) is 24.9 Å². The van der Waals surface area contributed by atoms with E-state index in [2.05, 4.69) is 48.2 Å². The highest BCUT2D eigenvalue weighted by molar-refractivity contribution is 5.79. The molecule has 0 bridgehead atoms. The van der Waals surface area contributed by atoms with Crippen molar-refractivity contribution in [2.75, 3.05) is 53.0 Å². The molecular weight excluding hydrogens is 344 g/mol. The highest BCUT2D eigenvalue weighted by Gasteiger charge is 2.33. The third-order valence-corrected chi connectivity index (χ3v) is 5.27. The van der Waals surface area contributed by atoms with Crippen LogP contribution >= 0.6 is 0 Å². The van der Waals surface area contributed by atoms with E-state index in [4.69, 9.17) is 14.2 Å². The molecule has 0 radical (unpaired) electrons. The Balaban J connectivity index is 1.61. The smallest absolute Gasteiger partial charge is 0.191 e.